The second-order valence-corrected chi connectivity index (χ2v) is 7.69. The van der Waals surface area contributed by atoms with E-state index in [-0.39, 0.29) is 24.8 Å². The number of nitrogens with one attached hydrogen (secondary N) is 1. The molecule has 0 spiro atoms. The van der Waals surface area contributed by atoms with Crippen molar-refractivity contribution in [2.24, 2.45) is 5.92 Å². The first-order chi connectivity index (χ1) is 14.6. The third-order valence-electron chi connectivity index (χ3n) is 4.98. The number of thiazole rings is 1. The summed E-state index contributed by atoms with van der Waals surface area (Å²) in [6.45, 7) is 0.282. The molecule has 2 amide bonds. The van der Waals surface area contributed by atoms with Crippen molar-refractivity contribution in [1.82, 2.24) is 4.98 Å². The van der Waals surface area contributed by atoms with Gasteiger partial charge in [0.1, 0.15) is 11.5 Å². The first-order valence-corrected chi connectivity index (χ1v) is 10.3. The molecule has 1 aliphatic heterocycles. The van der Waals surface area contributed by atoms with Crippen LogP contribution in [0, 0.1) is 5.92 Å². The van der Waals surface area contributed by atoms with Crippen molar-refractivity contribution in [2.45, 2.75) is 6.42 Å². The molecule has 2 heterocycles. The van der Waals surface area contributed by atoms with Crippen LogP contribution < -0.4 is 19.7 Å². The fourth-order valence-corrected chi connectivity index (χ4v) is 4.13. The van der Waals surface area contributed by atoms with Crippen LogP contribution in [0.5, 0.6) is 11.5 Å². The van der Waals surface area contributed by atoms with Gasteiger partial charge in [0.15, 0.2) is 5.13 Å². The van der Waals surface area contributed by atoms with Crippen LogP contribution >= 0.6 is 11.3 Å². The summed E-state index contributed by atoms with van der Waals surface area (Å²) >= 11 is 1.36. The lowest BCUT2D eigenvalue weighted by molar-refractivity contribution is -0.122. The minimum Gasteiger partial charge on any atom is -0.497 e. The third-order valence-corrected chi connectivity index (χ3v) is 5.74. The van der Waals surface area contributed by atoms with E-state index >= 15 is 0 Å². The minimum atomic E-state index is -0.464. The van der Waals surface area contributed by atoms with Gasteiger partial charge in [0.05, 0.1) is 31.5 Å². The Morgan fingerprint density at radius 1 is 1.17 bits per heavy atom. The summed E-state index contributed by atoms with van der Waals surface area (Å²) in [6, 6.07) is 15.0. The van der Waals surface area contributed by atoms with E-state index in [2.05, 4.69) is 10.3 Å². The molecule has 8 heteroatoms. The van der Waals surface area contributed by atoms with Crippen molar-refractivity contribution in [2.75, 3.05) is 31.0 Å². The maximum absolute atomic E-state index is 12.8. The summed E-state index contributed by atoms with van der Waals surface area (Å²) < 4.78 is 10.6. The van der Waals surface area contributed by atoms with Crippen LogP contribution in [0.3, 0.4) is 0 Å². The first kappa shape index (κ1) is 19.9. The number of benzene rings is 2. The first-order valence-electron chi connectivity index (χ1n) is 9.43. The molecular weight excluding hydrogens is 402 g/mol. The molecule has 1 aliphatic rings. The lowest BCUT2D eigenvalue weighted by Crippen LogP contribution is -2.28. The van der Waals surface area contributed by atoms with E-state index in [4.69, 9.17) is 9.47 Å². The van der Waals surface area contributed by atoms with Crippen LogP contribution in [0.2, 0.25) is 0 Å². The average Bonchev–Trinajstić information content (AvgIpc) is 3.40. The highest BCUT2D eigenvalue weighted by atomic mass is 32.1. The molecule has 1 fully saturated rings. The normalized spacial score (nSPS) is 15.9. The van der Waals surface area contributed by atoms with Gasteiger partial charge in [-0.1, -0.05) is 30.3 Å². The van der Waals surface area contributed by atoms with Crippen molar-refractivity contribution < 1.29 is 19.1 Å². The van der Waals surface area contributed by atoms with Crippen LogP contribution in [-0.2, 0) is 9.59 Å². The molecule has 7 nitrogen and oxygen atoms in total. The highest BCUT2D eigenvalue weighted by molar-refractivity contribution is 7.14. The Morgan fingerprint density at radius 3 is 2.70 bits per heavy atom. The number of carbonyl (C=O) groups excluding carboxylic acids is 2. The largest absolute Gasteiger partial charge is 0.497 e. The molecule has 0 bridgehead atoms. The topological polar surface area (TPSA) is 80.8 Å². The molecule has 1 aromatic heterocycles. The Kier molecular flexibility index (Phi) is 5.67. The number of aromatic nitrogens is 1. The molecule has 2 aromatic carbocycles. The highest BCUT2D eigenvalue weighted by Gasteiger charge is 2.36. The van der Waals surface area contributed by atoms with E-state index in [1.165, 1.54) is 18.4 Å². The van der Waals surface area contributed by atoms with E-state index in [1.807, 2.05) is 35.7 Å². The number of amides is 2. The molecular formula is C22H21N3O4S. The van der Waals surface area contributed by atoms with Crippen LogP contribution in [0.4, 0.5) is 10.8 Å². The average molecular weight is 423 g/mol. The number of anilines is 2. The zero-order valence-corrected chi connectivity index (χ0v) is 17.4. The van der Waals surface area contributed by atoms with Gasteiger partial charge in [-0.2, -0.15) is 0 Å². The Bertz CT molecular complexity index is 1070. The second-order valence-electron chi connectivity index (χ2n) is 6.84. The summed E-state index contributed by atoms with van der Waals surface area (Å²) in [6.07, 6.45) is 0.137. The predicted molar refractivity (Wildman–Crippen MR) is 116 cm³/mol. The van der Waals surface area contributed by atoms with Gasteiger partial charge in [-0.3, -0.25) is 9.59 Å². The van der Waals surface area contributed by atoms with Crippen molar-refractivity contribution in [3.8, 4) is 22.8 Å². The van der Waals surface area contributed by atoms with E-state index in [1.54, 1.807) is 30.2 Å². The summed E-state index contributed by atoms with van der Waals surface area (Å²) in [5, 5.41) is 5.27. The maximum atomic E-state index is 12.8. The Labute approximate surface area is 178 Å². The molecule has 1 saturated heterocycles. The van der Waals surface area contributed by atoms with Gasteiger partial charge in [-0.15, -0.1) is 11.3 Å². The molecule has 0 radical (unpaired) electrons. The van der Waals surface area contributed by atoms with Gasteiger partial charge in [0, 0.05) is 30.0 Å². The van der Waals surface area contributed by atoms with Crippen molar-refractivity contribution in [3.63, 3.8) is 0 Å². The third kappa shape index (κ3) is 3.99. The molecule has 0 aliphatic carbocycles. The fourth-order valence-electron chi connectivity index (χ4n) is 3.40. The Hall–Kier alpha value is -3.39. The van der Waals surface area contributed by atoms with Crippen molar-refractivity contribution >= 4 is 34.0 Å². The molecule has 4 rings (SSSR count). The lowest BCUT2D eigenvalue weighted by Gasteiger charge is -2.20. The molecule has 0 unspecified atom stereocenters. The molecule has 0 saturated carbocycles. The van der Waals surface area contributed by atoms with Crippen LogP contribution in [0.15, 0.2) is 53.9 Å². The molecule has 30 heavy (non-hydrogen) atoms. The summed E-state index contributed by atoms with van der Waals surface area (Å²) in [5.41, 5.74) is 2.42. The summed E-state index contributed by atoms with van der Waals surface area (Å²) in [4.78, 5) is 31.4. The number of carbonyl (C=O) groups is 2. The van der Waals surface area contributed by atoms with Crippen LogP contribution in [0.25, 0.3) is 11.3 Å². The zero-order valence-electron chi connectivity index (χ0n) is 16.6. The van der Waals surface area contributed by atoms with Gasteiger partial charge in [-0.25, -0.2) is 4.98 Å². The lowest BCUT2D eigenvalue weighted by atomic mass is 10.1. The smallest absolute Gasteiger partial charge is 0.231 e. The van der Waals surface area contributed by atoms with Crippen LogP contribution in [0.1, 0.15) is 6.42 Å². The van der Waals surface area contributed by atoms with Crippen molar-refractivity contribution in [3.05, 3.63) is 53.9 Å². The van der Waals surface area contributed by atoms with E-state index in [9.17, 15) is 9.59 Å². The van der Waals surface area contributed by atoms with Gasteiger partial charge >= 0.3 is 0 Å². The number of hydrogen-bond donors (Lipinski definition) is 1. The summed E-state index contributed by atoms with van der Waals surface area (Å²) in [5.74, 6) is 0.356. The van der Waals surface area contributed by atoms with Crippen LogP contribution in [-0.4, -0.2) is 37.6 Å². The van der Waals surface area contributed by atoms with Gasteiger partial charge in [0.2, 0.25) is 11.8 Å². The van der Waals surface area contributed by atoms with E-state index < -0.39 is 5.92 Å². The molecule has 1 atom stereocenters. The Morgan fingerprint density at radius 2 is 1.97 bits per heavy atom. The number of nitrogens with zero attached hydrogens (tertiary/aromatic N) is 2. The predicted octanol–water partition coefficient (Wildman–Crippen LogP) is 3.82. The van der Waals surface area contributed by atoms with E-state index in [0.29, 0.717) is 22.3 Å². The fraction of sp³-hybridized carbons (Fsp3) is 0.227. The molecule has 1 N–H and O–H groups in total. The standard InChI is InChI=1S/C22H21N3O4S/c1-28-16-8-9-18(19(11-16)29-2)25-12-15(10-20(25)26)21(27)24-22-23-17(13-30-22)14-6-4-3-5-7-14/h3-9,11,13,15H,10,12H2,1-2H3,(H,23,24,27)/t15-/m0/s1. The summed E-state index contributed by atoms with van der Waals surface area (Å²) in [7, 11) is 3.10. The number of rotatable bonds is 6. The SMILES string of the molecule is COc1ccc(N2C[C@@H](C(=O)Nc3nc(-c4ccccc4)cs3)CC2=O)c(OC)c1. The quantitative estimate of drug-likeness (QED) is 0.652. The molecule has 154 valence electrons. The zero-order chi connectivity index (χ0) is 21.1. The number of hydrogen-bond acceptors (Lipinski definition) is 6. The van der Waals surface area contributed by atoms with Gasteiger partial charge < -0.3 is 19.7 Å². The Balaban J connectivity index is 1.46. The number of methoxy groups -OCH3 is 2. The number of ether oxygens (including phenoxy) is 2. The minimum absolute atomic E-state index is 0.122. The van der Waals surface area contributed by atoms with E-state index in [0.717, 1.165) is 11.3 Å². The van der Waals surface area contributed by atoms with Gasteiger partial charge in [-0.05, 0) is 12.1 Å². The molecule has 3 aromatic rings. The van der Waals surface area contributed by atoms with Gasteiger partial charge in [0.25, 0.3) is 0 Å². The van der Waals surface area contributed by atoms with Crippen molar-refractivity contribution in [1.29, 1.82) is 0 Å². The highest BCUT2D eigenvalue weighted by Crippen LogP contribution is 2.36. The second kappa shape index (κ2) is 8.54. The monoisotopic (exact) mass is 423 g/mol. The maximum Gasteiger partial charge on any atom is 0.231 e.